The number of fused-ring (bicyclic) bond motifs is 1. The predicted molar refractivity (Wildman–Crippen MR) is 106 cm³/mol. The first-order chi connectivity index (χ1) is 13.4. The molecule has 2 atom stereocenters. The molecule has 0 saturated carbocycles. The van der Waals surface area contributed by atoms with E-state index in [0.717, 1.165) is 5.39 Å². The minimum Gasteiger partial charge on any atom is -0.476 e. The van der Waals surface area contributed by atoms with Gasteiger partial charge in [0, 0.05) is 18.9 Å². The molecule has 1 aromatic carbocycles. The molecule has 0 amide bonds. The lowest BCUT2D eigenvalue weighted by Gasteiger charge is -2.13. The van der Waals surface area contributed by atoms with Crippen LogP contribution in [0.1, 0.15) is 13.8 Å². The molecule has 0 aliphatic heterocycles. The summed E-state index contributed by atoms with van der Waals surface area (Å²) in [6, 6.07) is 9.95. The van der Waals surface area contributed by atoms with Gasteiger partial charge in [0.1, 0.15) is 26.9 Å². The lowest BCUT2D eigenvalue weighted by molar-refractivity contribution is 0.199. The maximum atomic E-state index is 12.4. The Hall–Kier alpha value is -2.75. The molecule has 0 aliphatic carbocycles. The molecule has 0 radical (unpaired) electrons. The highest BCUT2D eigenvalue weighted by atomic mass is 32.2. The van der Waals surface area contributed by atoms with Crippen molar-refractivity contribution >= 4 is 20.8 Å². The van der Waals surface area contributed by atoms with E-state index in [-0.39, 0.29) is 6.54 Å². The average molecular weight is 402 g/mol. The zero-order valence-electron chi connectivity index (χ0n) is 15.6. The first-order valence-corrected chi connectivity index (χ1v) is 10.3. The Morgan fingerprint density at radius 3 is 2.57 bits per heavy atom. The van der Waals surface area contributed by atoms with Gasteiger partial charge in [-0.15, -0.1) is 0 Å². The lowest BCUT2D eigenvalue weighted by atomic mass is 10.2. The Labute approximate surface area is 163 Å². The number of hydrogen-bond donors (Lipinski definition) is 3. The van der Waals surface area contributed by atoms with Crippen molar-refractivity contribution in [3.63, 3.8) is 0 Å². The van der Waals surface area contributed by atoms with Gasteiger partial charge in [-0.1, -0.05) is 0 Å². The van der Waals surface area contributed by atoms with Crippen molar-refractivity contribution in [1.82, 2.24) is 14.7 Å². The standard InChI is InChI=1S/C19H22N4O4S/c1-3-26-19-18-16(8-10-22-19)17(9-11-21-18)27-14-4-6-15(7-5-14)28(20,25)23-12-13(2)24/h4-11,13,24H,3,12H2,1-2H3,(H2,20,23,25)/t13-,28-/m1/s1. The van der Waals surface area contributed by atoms with E-state index in [2.05, 4.69) is 14.7 Å². The normalized spacial score (nSPS) is 14.4. The largest absolute Gasteiger partial charge is 0.476 e. The van der Waals surface area contributed by atoms with Crippen LogP contribution < -0.4 is 14.2 Å². The van der Waals surface area contributed by atoms with Crippen molar-refractivity contribution in [3.05, 3.63) is 48.8 Å². The maximum absolute atomic E-state index is 12.4. The predicted octanol–water partition coefficient (Wildman–Crippen LogP) is 3.11. The Morgan fingerprint density at radius 2 is 1.89 bits per heavy atom. The first kappa shape index (κ1) is 20.0. The zero-order valence-corrected chi connectivity index (χ0v) is 16.4. The number of hydrogen-bond acceptors (Lipinski definition) is 7. The Morgan fingerprint density at radius 1 is 1.18 bits per heavy atom. The summed E-state index contributed by atoms with van der Waals surface area (Å²) in [5.74, 6) is 1.55. The summed E-state index contributed by atoms with van der Waals surface area (Å²) in [6.07, 6.45) is 2.56. The lowest BCUT2D eigenvalue weighted by Crippen LogP contribution is -2.29. The van der Waals surface area contributed by atoms with Gasteiger partial charge in [-0.25, -0.2) is 18.7 Å². The Bertz CT molecular complexity index is 1050. The van der Waals surface area contributed by atoms with Crippen LogP contribution >= 0.6 is 0 Å². The molecule has 9 heteroatoms. The van der Waals surface area contributed by atoms with Gasteiger partial charge in [-0.2, -0.15) is 0 Å². The van der Waals surface area contributed by atoms with E-state index in [1.807, 2.05) is 6.92 Å². The highest BCUT2D eigenvalue weighted by molar-refractivity contribution is 7.90. The fourth-order valence-electron chi connectivity index (χ4n) is 2.51. The minimum absolute atomic E-state index is 0.0692. The smallest absolute Gasteiger partial charge is 0.240 e. The van der Waals surface area contributed by atoms with E-state index in [1.54, 1.807) is 55.7 Å². The molecule has 3 N–H and O–H groups in total. The third-order valence-electron chi connectivity index (χ3n) is 3.83. The third-order valence-corrected chi connectivity index (χ3v) is 5.34. The molecule has 0 bridgehead atoms. The molecule has 0 spiro atoms. The SMILES string of the molecule is CCOc1nccc2c(Oc3ccc([S@](=N)(=O)NC[C@@H](C)O)cc3)ccnc12. The second-order valence-corrected chi connectivity index (χ2v) is 7.95. The van der Waals surface area contributed by atoms with Crippen LogP contribution in [-0.4, -0.2) is 38.5 Å². The van der Waals surface area contributed by atoms with E-state index < -0.39 is 16.0 Å². The number of benzene rings is 1. The molecule has 3 rings (SSSR count). The Balaban J connectivity index is 1.84. The highest BCUT2D eigenvalue weighted by Crippen LogP contribution is 2.32. The highest BCUT2D eigenvalue weighted by Gasteiger charge is 2.13. The van der Waals surface area contributed by atoms with Crippen molar-refractivity contribution in [2.24, 2.45) is 0 Å². The van der Waals surface area contributed by atoms with Gasteiger partial charge in [0.05, 0.1) is 23.0 Å². The monoisotopic (exact) mass is 402 g/mol. The summed E-state index contributed by atoms with van der Waals surface area (Å²) < 4.78 is 34.4. The van der Waals surface area contributed by atoms with Crippen LogP contribution in [0.4, 0.5) is 0 Å². The molecule has 0 aliphatic rings. The molecule has 0 unspecified atom stereocenters. The van der Waals surface area contributed by atoms with Gasteiger partial charge in [0.25, 0.3) is 0 Å². The van der Waals surface area contributed by atoms with E-state index in [1.165, 1.54) is 0 Å². The molecule has 2 heterocycles. The third kappa shape index (κ3) is 4.56. The quantitative estimate of drug-likeness (QED) is 0.533. The number of aliphatic hydroxyl groups excluding tert-OH is 1. The van der Waals surface area contributed by atoms with Gasteiger partial charge in [0.15, 0.2) is 0 Å². The van der Waals surface area contributed by atoms with Crippen molar-refractivity contribution in [2.45, 2.75) is 24.8 Å². The number of aromatic nitrogens is 2. The molecule has 3 aromatic rings. The number of nitrogens with one attached hydrogen (secondary N) is 2. The topological polar surface area (TPSA) is 117 Å². The van der Waals surface area contributed by atoms with Crippen LogP contribution in [0.3, 0.4) is 0 Å². The number of aliphatic hydroxyl groups is 1. The number of pyridine rings is 2. The van der Waals surface area contributed by atoms with Gasteiger partial charge in [-0.3, -0.25) is 4.98 Å². The fourth-order valence-corrected chi connectivity index (χ4v) is 3.67. The van der Waals surface area contributed by atoms with Gasteiger partial charge in [0.2, 0.25) is 5.88 Å². The van der Waals surface area contributed by atoms with E-state index in [4.69, 9.17) is 14.3 Å². The molecular formula is C19H22N4O4S. The van der Waals surface area contributed by atoms with Gasteiger partial charge < -0.3 is 14.6 Å². The summed E-state index contributed by atoms with van der Waals surface area (Å²) in [5, 5.41) is 10.1. The van der Waals surface area contributed by atoms with Crippen molar-refractivity contribution in [2.75, 3.05) is 13.2 Å². The van der Waals surface area contributed by atoms with Crippen LogP contribution in [0.2, 0.25) is 0 Å². The molecule has 8 nitrogen and oxygen atoms in total. The molecule has 2 aromatic heterocycles. The van der Waals surface area contributed by atoms with Crippen LogP contribution in [0.15, 0.2) is 53.7 Å². The van der Waals surface area contributed by atoms with Crippen molar-refractivity contribution < 1.29 is 18.8 Å². The van der Waals surface area contributed by atoms with Crippen molar-refractivity contribution in [1.29, 1.82) is 4.78 Å². The number of ether oxygens (including phenoxy) is 2. The second-order valence-electron chi connectivity index (χ2n) is 6.08. The summed E-state index contributed by atoms with van der Waals surface area (Å²) >= 11 is 0. The van der Waals surface area contributed by atoms with Crippen LogP contribution in [0.25, 0.3) is 10.9 Å². The van der Waals surface area contributed by atoms with E-state index >= 15 is 0 Å². The van der Waals surface area contributed by atoms with Crippen LogP contribution in [0, 0.1) is 4.78 Å². The van der Waals surface area contributed by atoms with Crippen LogP contribution in [0.5, 0.6) is 17.4 Å². The number of rotatable bonds is 8. The van der Waals surface area contributed by atoms with Gasteiger partial charge >= 0.3 is 0 Å². The van der Waals surface area contributed by atoms with Crippen LogP contribution in [-0.2, 0) is 9.92 Å². The maximum Gasteiger partial charge on any atom is 0.240 e. The van der Waals surface area contributed by atoms with Gasteiger partial charge in [-0.05, 0) is 50.2 Å². The average Bonchev–Trinajstić information content (AvgIpc) is 2.68. The zero-order chi connectivity index (χ0) is 20.1. The molecule has 148 valence electrons. The fraction of sp³-hybridized carbons (Fsp3) is 0.263. The minimum atomic E-state index is -3.19. The first-order valence-electron chi connectivity index (χ1n) is 8.76. The molecule has 0 fully saturated rings. The summed E-state index contributed by atoms with van der Waals surface area (Å²) in [5.41, 5.74) is 0.606. The Kier molecular flexibility index (Phi) is 6.08. The number of nitrogens with zero attached hydrogens (tertiary/aromatic N) is 2. The molecule has 0 saturated heterocycles. The molecule has 28 heavy (non-hydrogen) atoms. The second kappa shape index (κ2) is 8.51. The summed E-state index contributed by atoms with van der Waals surface area (Å²) in [7, 11) is -3.19. The summed E-state index contributed by atoms with van der Waals surface area (Å²) in [4.78, 5) is 8.83. The summed E-state index contributed by atoms with van der Waals surface area (Å²) in [6.45, 7) is 3.99. The molecular weight excluding hydrogens is 380 g/mol. The van der Waals surface area contributed by atoms with Crippen molar-refractivity contribution in [3.8, 4) is 17.4 Å². The van der Waals surface area contributed by atoms with E-state index in [9.17, 15) is 9.32 Å². The van der Waals surface area contributed by atoms with E-state index in [0.29, 0.717) is 34.4 Å².